The number of aromatic nitrogens is 2. The Morgan fingerprint density at radius 2 is 1.76 bits per heavy atom. The lowest BCUT2D eigenvalue weighted by atomic mass is 9.87. The summed E-state index contributed by atoms with van der Waals surface area (Å²) in [5, 5.41) is 17.2. The van der Waals surface area contributed by atoms with Crippen molar-refractivity contribution >= 4 is 12.1 Å². The second kappa shape index (κ2) is 10.6. The molecule has 0 saturated heterocycles. The van der Waals surface area contributed by atoms with Gasteiger partial charge in [0, 0.05) is 24.2 Å². The number of hydrogen-bond acceptors (Lipinski definition) is 6. The number of benzene rings is 1. The Morgan fingerprint density at radius 1 is 1.03 bits per heavy atom. The zero-order valence-electron chi connectivity index (χ0n) is 19.0. The lowest BCUT2D eigenvalue weighted by Crippen LogP contribution is -2.35. The van der Waals surface area contributed by atoms with Crippen LogP contribution in [0.4, 0.5) is 4.79 Å². The first-order chi connectivity index (χ1) is 16.0. The lowest BCUT2D eigenvalue weighted by Gasteiger charge is -2.27. The van der Waals surface area contributed by atoms with Crippen LogP contribution in [0.1, 0.15) is 56.9 Å². The van der Waals surface area contributed by atoms with Crippen LogP contribution < -0.4 is 4.74 Å². The van der Waals surface area contributed by atoms with Gasteiger partial charge in [-0.25, -0.2) is 4.79 Å². The topological polar surface area (TPSA) is 102 Å². The number of amides is 1. The predicted molar refractivity (Wildman–Crippen MR) is 122 cm³/mol. The van der Waals surface area contributed by atoms with E-state index >= 15 is 0 Å². The fourth-order valence-corrected chi connectivity index (χ4v) is 4.79. The summed E-state index contributed by atoms with van der Waals surface area (Å²) in [6.45, 7) is 0.123. The van der Waals surface area contributed by atoms with E-state index in [4.69, 9.17) is 9.47 Å². The molecular weight excluding hydrogens is 422 g/mol. The van der Waals surface area contributed by atoms with Crippen LogP contribution in [0, 0.1) is 5.92 Å². The molecule has 33 heavy (non-hydrogen) atoms. The van der Waals surface area contributed by atoms with Crippen molar-refractivity contribution in [2.24, 2.45) is 5.92 Å². The largest absolute Gasteiger partial charge is 0.490 e. The van der Waals surface area contributed by atoms with Crippen molar-refractivity contribution in [2.45, 2.75) is 70.1 Å². The molecule has 1 amide bonds. The van der Waals surface area contributed by atoms with Crippen molar-refractivity contribution in [1.29, 1.82) is 0 Å². The van der Waals surface area contributed by atoms with Gasteiger partial charge in [0.15, 0.2) is 0 Å². The van der Waals surface area contributed by atoms with Gasteiger partial charge in [0.25, 0.3) is 0 Å². The summed E-state index contributed by atoms with van der Waals surface area (Å²) in [6, 6.07) is 7.88. The number of rotatable bonds is 7. The molecule has 2 saturated carbocycles. The number of carboxylic acids is 1. The zero-order chi connectivity index (χ0) is 23.2. The zero-order valence-corrected chi connectivity index (χ0v) is 19.0. The van der Waals surface area contributed by atoms with E-state index in [0.29, 0.717) is 18.6 Å². The van der Waals surface area contributed by atoms with Gasteiger partial charge in [-0.2, -0.15) is 10.2 Å². The fraction of sp³-hybridized carbons (Fsp3) is 0.520. The van der Waals surface area contributed by atoms with Crippen molar-refractivity contribution in [1.82, 2.24) is 15.1 Å². The standard InChI is InChI=1S/C25H31N3O5/c1-28(20-6-2-3-7-20)25(31)32-16-19-14-26-27-15-23(19)17-9-11-21(12-10-17)33-22-8-4-5-18(13-22)24(29)30/h9-12,14-15,18,20,22H,2-8,13,16H2,1H3,(H,29,30)/t18-,22-/m0/s1. The minimum Gasteiger partial charge on any atom is -0.490 e. The Kier molecular flexibility index (Phi) is 7.42. The predicted octanol–water partition coefficient (Wildman–Crippen LogP) is 4.68. The van der Waals surface area contributed by atoms with Gasteiger partial charge < -0.3 is 19.5 Å². The highest BCUT2D eigenvalue weighted by Crippen LogP contribution is 2.30. The van der Waals surface area contributed by atoms with Crippen molar-refractivity contribution in [2.75, 3.05) is 7.05 Å². The smallest absolute Gasteiger partial charge is 0.410 e. The molecule has 8 heteroatoms. The molecule has 2 aliphatic carbocycles. The summed E-state index contributed by atoms with van der Waals surface area (Å²) >= 11 is 0. The molecule has 1 heterocycles. The SMILES string of the molecule is CN(C(=O)OCc1cnncc1-c1ccc(O[C@H]2CCC[C@H](C(=O)O)C2)cc1)C1CCCC1. The second-order valence-corrected chi connectivity index (χ2v) is 9.00. The Labute approximate surface area is 193 Å². The number of nitrogens with zero attached hydrogens (tertiary/aromatic N) is 3. The van der Waals surface area contributed by atoms with Gasteiger partial charge in [-0.3, -0.25) is 4.79 Å². The lowest BCUT2D eigenvalue weighted by molar-refractivity contribution is -0.143. The Morgan fingerprint density at radius 3 is 2.48 bits per heavy atom. The molecule has 0 aliphatic heterocycles. The summed E-state index contributed by atoms with van der Waals surface area (Å²) in [5.41, 5.74) is 2.54. The van der Waals surface area contributed by atoms with Gasteiger partial charge in [0.1, 0.15) is 12.4 Å². The summed E-state index contributed by atoms with van der Waals surface area (Å²) in [5.74, 6) is -0.363. The highest BCUT2D eigenvalue weighted by atomic mass is 16.6. The minimum atomic E-state index is -0.744. The van der Waals surface area contributed by atoms with E-state index in [2.05, 4.69) is 10.2 Å². The number of hydrogen-bond donors (Lipinski definition) is 1. The number of carbonyl (C=O) groups excluding carboxylic acids is 1. The summed E-state index contributed by atoms with van der Waals surface area (Å²) in [6.07, 6.45) is 10.2. The van der Waals surface area contributed by atoms with Crippen LogP contribution >= 0.6 is 0 Å². The van der Waals surface area contributed by atoms with Crippen LogP contribution in [0.25, 0.3) is 11.1 Å². The van der Waals surface area contributed by atoms with E-state index in [0.717, 1.165) is 55.2 Å². The van der Waals surface area contributed by atoms with Gasteiger partial charge in [-0.05, 0) is 56.2 Å². The third-order valence-electron chi connectivity index (χ3n) is 6.77. The molecule has 2 aliphatic rings. The van der Waals surface area contributed by atoms with Crippen LogP contribution in [0.2, 0.25) is 0 Å². The number of ether oxygens (including phenoxy) is 2. The highest BCUT2D eigenvalue weighted by Gasteiger charge is 2.28. The number of aliphatic carboxylic acids is 1. The molecule has 0 spiro atoms. The van der Waals surface area contributed by atoms with E-state index in [1.807, 2.05) is 24.3 Å². The number of carboxylic acid groups (broad SMARTS) is 1. The first-order valence-electron chi connectivity index (χ1n) is 11.7. The molecule has 1 N–H and O–H groups in total. The van der Waals surface area contributed by atoms with Crippen LogP contribution in [-0.4, -0.2) is 51.5 Å². The molecule has 2 atom stereocenters. The first-order valence-corrected chi connectivity index (χ1v) is 11.7. The molecule has 0 unspecified atom stereocenters. The van der Waals surface area contributed by atoms with Crippen molar-refractivity contribution in [3.8, 4) is 16.9 Å². The van der Waals surface area contributed by atoms with Gasteiger partial charge >= 0.3 is 12.1 Å². The maximum absolute atomic E-state index is 12.5. The Hall–Kier alpha value is -3.16. The van der Waals surface area contributed by atoms with E-state index in [-0.39, 0.29) is 30.8 Å². The normalized spacial score (nSPS) is 20.9. The molecule has 8 nitrogen and oxygen atoms in total. The maximum atomic E-state index is 12.5. The van der Waals surface area contributed by atoms with E-state index in [1.165, 1.54) is 0 Å². The molecule has 176 valence electrons. The first kappa shape index (κ1) is 23.0. The average molecular weight is 454 g/mol. The van der Waals surface area contributed by atoms with Crippen molar-refractivity contribution in [3.05, 3.63) is 42.2 Å². The van der Waals surface area contributed by atoms with Crippen LogP contribution in [-0.2, 0) is 16.1 Å². The summed E-state index contributed by atoms with van der Waals surface area (Å²) in [7, 11) is 1.80. The molecular formula is C25H31N3O5. The van der Waals surface area contributed by atoms with Gasteiger partial charge in [0.2, 0.25) is 0 Å². The molecule has 0 bridgehead atoms. The molecule has 1 aromatic heterocycles. The van der Waals surface area contributed by atoms with Gasteiger partial charge in [-0.15, -0.1) is 0 Å². The third-order valence-corrected chi connectivity index (χ3v) is 6.77. The highest BCUT2D eigenvalue weighted by molar-refractivity contribution is 5.70. The van der Waals surface area contributed by atoms with Crippen molar-refractivity contribution < 1.29 is 24.2 Å². The molecule has 4 rings (SSSR count). The Balaban J connectivity index is 1.38. The molecule has 2 aromatic rings. The average Bonchev–Trinajstić information content (AvgIpc) is 3.38. The van der Waals surface area contributed by atoms with Gasteiger partial charge in [0.05, 0.1) is 24.4 Å². The molecule has 1 aromatic carbocycles. The Bertz CT molecular complexity index is 959. The quantitative estimate of drug-likeness (QED) is 0.649. The van der Waals surface area contributed by atoms with Crippen molar-refractivity contribution in [3.63, 3.8) is 0 Å². The second-order valence-electron chi connectivity index (χ2n) is 9.00. The maximum Gasteiger partial charge on any atom is 0.410 e. The third kappa shape index (κ3) is 5.80. The van der Waals surface area contributed by atoms with Crippen LogP contribution in [0.15, 0.2) is 36.7 Å². The van der Waals surface area contributed by atoms with E-state index < -0.39 is 5.97 Å². The van der Waals surface area contributed by atoms with Crippen LogP contribution in [0.3, 0.4) is 0 Å². The van der Waals surface area contributed by atoms with Crippen LogP contribution in [0.5, 0.6) is 5.75 Å². The number of carbonyl (C=O) groups is 2. The van der Waals surface area contributed by atoms with E-state index in [1.54, 1.807) is 24.3 Å². The monoisotopic (exact) mass is 453 g/mol. The van der Waals surface area contributed by atoms with E-state index in [9.17, 15) is 14.7 Å². The molecule has 0 radical (unpaired) electrons. The fourth-order valence-electron chi connectivity index (χ4n) is 4.79. The van der Waals surface area contributed by atoms with Gasteiger partial charge in [-0.1, -0.05) is 25.0 Å². The minimum absolute atomic E-state index is 0.0832. The summed E-state index contributed by atoms with van der Waals surface area (Å²) in [4.78, 5) is 25.5. The molecule has 2 fully saturated rings. The summed E-state index contributed by atoms with van der Waals surface area (Å²) < 4.78 is 11.6.